The van der Waals surface area contributed by atoms with Gasteiger partial charge in [-0.05, 0) is 76.3 Å². The van der Waals surface area contributed by atoms with E-state index in [1.165, 1.54) is 11.1 Å². The third-order valence-corrected chi connectivity index (χ3v) is 9.06. The van der Waals surface area contributed by atoms with Gasteiger partial charge in [-0.15, -0.1) is 10.2 Å². The molecule has 0 aliphatic carbocycles. The Morgan fingerprint density at radius 3 is 2.56 bits per heavy atom. The maximum Gasteiger partial charge on any atom is 0.274 e. The smallest absolute Gasteiger partial charge is 0.274 e. The lowest BCUT2D eigenvalue weighted by Crippen LogP contribution is -2.54. The van der Waals surface area contributed by atoms with Crippen LogP contribution < -0.4 is 10.1 Å². The van der Waals surface area contributed by atoms with E-state index in [1.54, 1.807) is 14.2 Å². The van der Waals surface area contributed by atoms with Gasteiger partial charge < -0.3 is 29.2 Å². The first-order valence-corrected chi connectivity index (χ1v) is 15.2. The van der Waals surface area contributed by atoms with Crippen molar-refractivity contribution in [3.63, 3.8) is 0 Å². The standard InChI is InChI=1S/C32H46N4O5/c1-21-8-10-23(11-9-21)28-7-5-6-25(41-28)12-13-26-22(2)30(34-35-31(26)39-4)32(37)36-17-14-24(15-18-36)33-27-16-19-40-20-29(27)38-3/h8-11,24-25,27-29,33H,5-7,12-20H2,1-4H3/t25-,27-,28+,29+/m1/s1. The number of rotatable bonds is 9. The Bertz CT molecular complexity index is 1150. The summed E-state index contributed by atoms with van der Waals surface area (Å²) in [5, 5.41) is 12.4. The first-order chi connectivity index (χ1) is 20.0. The number of piperidine rings is 1. The second-order valence-electron chi connectivity index (χ2n) is 11.8. The third kappa shape index (κ3) is 7.25. The number of hydrogen-bond donors (Lipinski definition) is 1. The van der Waals surface area contributed by atoms with Crippen molar-refractivity contribution in [3.05, 3.63) is 52.2 Å². The molecule has 4 heterocycles. The number of aromatic nitrogens is 2. The van der Waals surface area contributed by atoms with Crippen LogP contribution in [0.5, 0.6) is 5.88 Å². The molecule has 224 valence electrons. The van der Waals surface area contributed by atoms with E-state index in [0.717, 1.165) is 69.1 Å². The van der Waals surface area contributed by atoms with Crippen LogP contribution in [0.4, 0.5) is 0 Å². The molecule has 2 aromatic rings. The summed E-state index contributed by atoms with van der Waals surface area (Å²) in [6.45, 7) is 6.85. The molecule has 9 heteroatoms. The molecule has 3 fully saturated rings. The predicted octanol–water partition coefficient (Wildman–Crippen LogP) is 4.34. The average molecular weight is 567 g/mol. The lowest BCUT2D eigenvalue weighted by molar-refractivity contribution is -0.0546. The van der Waals surface area contributed by atoms with Crippen LogP contribution in [0.2, 0.25) is 0 Å². The van der Waals surface area contributed by atoms with Crippen molar-refractivity contribution in [2.75, 3.05) is 40.5 Å². The van der Waals surface area contributed by atoms with Crippen molar-refractivity contribution in [2.45, 2.75) is 95.6 Å². The quantitative estimate of drug-likeness (QED) is 0.479. The Morgan fingerprint density at radius 2 is 1.83 bits per heavy atom. The second-order valence-corrected chi connectivity index (χ2v) is 11.8. The second kappa shape index (κ2) is 14.1. The Balaban J connectivity index is 1.19. The minimum absolute atomic E-state index is 0.0495. The maximum absolute atomic E-state index is 13.6. The van der Waals surface area contributed by atoms with Gasteiger partial charge in [0.15, 0.2) is 5.69 Å². The predicted molar refractivity (Wildman–Crippen MR) is 156 cm³/mol. The van der Waals surface area contributed by atoms with Crippen LogP contribution in [0.3, 0.4) is 0 Å². The Labute approximate surface area is 244 Å². The molecule has 41 heavy (non-hydrogen) atoms. The summed E-state index contributed by atoms with van der Waals surface area (Å²) in [6, 6.07) is 9.32. The largest absolute Gasteiger partial charge is 0.480 e. The zero-order chi connectivity index (χ0) is 28.8. The van der Waals surface area contributed by atoms with Crippen LogP contribution in [0.1, 0.15) is 83.8 Å². The van der Waals surface area contributed by atoms with E-state index in [-0.39, 0.29) is 24.2 Å². The number of methoxy groups -OCH3 is 2. The van der Waals surface area contributed by atoms with Gasteiger partial charge in [0.05, 0.1) is 32.0 Å². The van der Waals surface area contributed by atoms with E-state index in [0.29, 0.717) is 43.4 Å². The monoisotopic (exact) mass is 566 g/mol. The minimum atomic E-state index is -0.0495. The summed E-state index contributed by atoms with van der Waals surface area (Å²) >= 11 is 0. The highest BCUT2D eigenvalue weighted by Crippen LogP contribution is 2.34. The number of hydrogen-bond acceptors (Lipinski definition) is 8. The Hall–Kier alpha value is -2.59. The molecular weight excluding hydrogens is 520 g/mol. The molecule has 0 radical (unpaired) electrons. The van der Waals surface area contributed by atoms with Gasteiger partial charge in [-0.2, -0.15) is 0 Å². The molecule has 1 aromatic heterocycles. The van der Waals surface area contributed by atoms with E-state index >= 15 is 0 Å². The summed E-state index contributed by atoms with van der Waals surface area (Å²) in [7, 11) is 3.36. The van der Waals surface area contributed by atoms with E-state index in [9.17, 15) is 4.79 Å². The fraction of sp³-hybridized carbons (Fsp3) is 0.656. The molecule has 0 saturated carbocycles. The zero-order valence-corrected chi connectivity index (χ0v) is 25.1. The van der Waals surface area contributed by atoms with Crippen LogP contribution in [0.15, 0.2) is 24.3 Å². The van der Waals surface area contributed by atoms with Crippen molar-refractivity contribution in [1.82, 2.24) is 20.4 Å². The molecule has 5 rings (SSSR count). The molecule has 3 saturated heterocycles. The first kappa shape index (κ1) is 29.9. The van der Waals surface area contributed by atoms with Gasteiger partial charge in [0.1, 0.15) is 0 Å². The fourth-order valence-electron chi connectivity index (χ4n) is 6.48. The molecule has 3 aliphatic heterocycles. The summed E-state index contributed by atoms with van der Waals surface area (Å²) in [5.74, 6) is 0.448. The van der Waals surface area contributed by atoms with E-state index in [1.807, 2.05) is 11.8 Å². The molecule has 0 spiro atoms. The van der Waals surface area contributed by atoms with Crippen molar-refractivity contribution in [2.24, 2.45) is 0 Å². The summed E-state index contributed by atoms with van der Waals surface area (Å²) in [6.07, 6.45) is 7.92. The molecule has 3 aliphatic rings. The van der Waals surface area contributed by atoms with Crippen LogP contribution in [0, 0.1) is 13.8 Å². The fourth-order valence-corrected chi connectivity index (χ4v) is 6.48. The van der Waals surface area contributed by atoms with Crippen molar-refractivity contribution < 1.29 is 23.7 Å². The molecule has 0 unspecified atom stereocenters. The first-order valence-electron chi connectivity index (χ1n) is 15.2. The SMILES string of the molecule is COc1nnc(C(=O)N2CCC(N[C@@H]3CCOC[C@@H]3OC)CC2)c(C)c1CC[C@H]1CCC[C@@H](c2ccc(C)cc2)O1. The van der Waals surface area contributed by atoms with Crippen molar-refractivity contribution >= 4 is 5.91 Å². The third-order valence-electron chi connectivity index (χ3n) is 9.06. The topological polar surface area (TPSA) is 95.0 Å². The summed E-state index contributed by atoms with van der Waals surface area (Å²) < 4.78 is 23.3. The van der Waals surface area contributed by atoms with E-state index in [4.69, 9.17) is 18.9 Å². The normalized spacial score (nSPS) is 25.7. The lowest BCUT2D eigenvalue weighted by atomic mass is 9.94. The number of nitrogens with zero attached hydrogens (tertiary/aromatic N) is 3. The van der Waals surface area contributed by atoms with Crippen molar-refractivity contribution in [1.29, 1.82) is 0 Å². The van der Waals surface area contributed by atoms with Gasteiger partial charge in [-0.25, -0.2) is 0 Å². The Morgan fingerprint density at radius 1 is 1.05 bits per heavy atom. The van der Waals surface area contributed by atoms with Crippen LogP contribution in [-0.2, 0) is 20.6 Å². The van der Waals surface area contributed by atoms with Gasteiger partial charge >= 0.3 is 0 Å². The number of aryl methyl sites for hydroxylation is 1. The zero-order valence-electron chi connectivity index (χ0n) is 25.1. The number of amides is 1. The van der Waals surface area contributed by atoms with Gasteiger partial charge in [-0.1, -0.05) is 29.8 Å². The summed E-state index contributed by atoms with van der Waals surface area (Å²) in [4.78, 5) is 15.5. The number of carbonyl (C=O) groups is 1. The number of ether oxygens (including phenoxy) is 4. The number of benzene rings is 1. The van der Waals surface area contributed by atoms with Crippen LogP contribution in [0.25, 0.3) is 0 Å². The van der Waals surface area contributed by atoms with Crippen molar-refractivity contribution in [3.8, 4) is 5.88 Å². The highest BCUT2D eigenvalue weighted by molar-refractivity contribution is 5.94. The number of carbonyl (C=O) groups excluding carboxylic acids is 1. The highest BCUT2D eigenvalue weighted by Gasteiger charge is 2.32. The molecule has 1 aromatic carbocycles. The molecular formula is C32H46N4O5. The van der Waals surface area contributed by atoms with Gasteiger partial charge in [0, 0.05) is 44.5 Å². The Kier molecular flexibility index (Phi) is 10.2. The van der Waals surface area contributed by atoms with Crippen LogP contribution >= 0.6 is 0 Å². The number of nitrogens with one attached hydrogen (secondary N) is 1. The molecule has 4 atom stereocenters. The van der Waals surface area contributed by atoms with Gasteiger partial charge in [0.25, 0.3) is 5.91 Å². The lowest BCUT2D eigenvalue weighted by Gasteiger charge is -2.38. The minimum Gasteiger partial charge on any atom is -0.480 e. The maximum atomic E-state index is 13.6. The van der Waals surface area contributed by atoms with Gasteiger partial charge in [-0.3, -0.25) is 4.79 Å². The number of likely N-dealkylation sites (tertiary alicyclic amines) is 1. The average Bonchev–Trinajstić information content (AvgIpc) is 3.01. The summed E-state index contributed by atoms with van der Waals surface area (Å²) in [5.41, 5.74) is 4.75. The molecule has 1 N–H and O–H groups in total. The molecule has 9 nitrogen and oxygen atoms in total. The van der Waals surface area contributed by atoms with Gasteiger partial charge in [0.2, 0.25) is 5.88 Å². The molecule has 0 bridgehead atoms. The molecule has 1 amide bonds. The highest BCUT2D eigenvalue weighted by atomic mass is 16.5. The van der Waals surface area contributed by atoms with E-state index in [2.05, 4.69) is 46.7 Å². The van der Waals surface area contributed by atoms with E-state index < -0.39 is 0 Å². The van der Waals surface area contributed by atoms with Crippen LogP contribution in [-0.4, -0.2) is 85.8 Å².